The molecule has 3 N–H and O–H groups in total. The van der Waals surface area contributed by atoms with Crippen LogP contribution in [0.1, 0.15) is 16.2 Å². The van der Waals surface area contributed by atoms with E-state index >= 15 is 0 Å². The molecule has 174 valence electrons. The Morgan fingerprint density at radius 1 is 1.12 bits per heavy atom. The summed E-state index contributed by atoms with van der Waals surface area (Å²) in [6.07, 6.45) is 3.53. The van der Waals surface area contributed by atoms with Crippen LogP contribution < -0.4 is 16.0 Å². The van der Waals surface area contributed by atoms with Gasteiger partial charge in [-0.1, -0.05) is 6.07 Å². The molecule has 0 saturated heterocycles. The maximum atomic E-state index is 12.8. The molecule has 10 nitrogen and oxygen atoms in total. The number of nitrogens with one attached hydrogen (secondary N) is 3. The smallest absolute Gasteiger partial charge is 0.257 e. The van der Waals surface area contributed by atoms with Crippen LogP contribution in [0.2, 0.25) is 0 Å². The van der Waals surface area contributed by atoms with E-state index in [9.17, 15) is 4.79 Å². The Hall–Kier alpha value is -3.89. The van der Waals surface area contributed by atoms with Gasteiger partial charge in [-0.05, 0) is 44.4 Å². The van der Waals surface area contributed by atoms with Crippen LogP contribution in [0.4, 0.5) is 11.6 Å². The number of hydrogen-bond donors (Lipinski definition) is 3. The highest BCUT2D eigenvalue weighted by Gasteiger charge is 2.15. The number of likely N-dealkylation sites (N-methyl/N-ethyl adjacent to an activating group) is 1. The van der Waals surface area contributed by atoms with Gasteiger partial charge in [-0.25, -0.2) is 9.97 Å². The van der Waals surface area contributed by atoms with Crippen molar-refractivity contribution < 1.29 is 4.79 Å². The molecule has 0 aliphatic carbocycles. The lowest BCUT2D eigenvalue weighted by Gasteiger charge is -2.17. The van der Waals surface area contributed by atoms with Gasteiger partial charge >= 0.3 is 0 Å². The number of carbonyl (C=O) groups excluding carboxylic acids is 1. The van der Waals surface area contributed by atoms with Crippen molar-refractivity contribution in [3.63, 3.8) is 0 Å². The number of amides is 1. The number of pyridine rings is 1. The minimum Gasteiger partial charge on any atom is -0.369 e. The number of aromatic nitrogens is 5. The number of carbonyl (C=O) groups is 1. The summed E-state index contributed by atoms with van der Waals surface area (Å²) in [6, 6.07) is 11.3. The van der Waals surface area contributed by atoms with Gasteiger partial charge in [0.2, 0.25) is 0 Å². The zero-order chi connectivity index (χ0) is 23.5. The van der Waals surface area contributed by atoms with E-state index in [4.69, 9.17) is 0 Å². The van der Waals surface area contributed by atoms with Crippen molar-refractivity contribution in [2.75, 3.05) is 44.4 Å². The van der Waals surface area contributed by atoms with Crippen molar-refractivity contribution in [2.45, 2.75) is 13.1 Å². The van der Waals surface area contributed by atoms with E-state index in [1.54, 1.807) is 18.3 Å². The highest BCUT2D eigenvalue weighted by Crippen LogP contribution is 2.26. The summed E-state index contributed by atoms with van der Waals surface area (Å²) in [5.74, 6) is 1.83. The average Bonchev–Trinajstić information content (AvgIpc) is 3.28. The Morgan fingerprint density at radius 2 is 2.03 bits per heavy atom. The minimum atomic E-state index is -0.264. The molecular weight excluding hydrogens is 430 g/mol. The zero-order valence-electron chi connectivity index (χ0n) is 19.2. The summed E-state index contributed by atoms with van der Waals surface area (Å²) in [5.41, 5.74) is 3.39. The summed E-state index contributed by atoms with van der Waals surface area (Å²) >= 11 is 0. The summed E-state index contributed by atoms with van der Waals surface area (Å²) in [6.45, 7) is 4.19. The summed E-state index contributed by atoms with van der Waals surface area (Å²) in [7, 11) is 4.01. The zero-order valence-corrected chi connectivity index (χ0v) is 19.2. The van der Waals surface area contributed by atoms with E-state index in [-0.39, 0.29) is 5.91 Å². The number of rotatable bonds is 7. The summed E-state index contributed by atoms with van der Waals surface area (Å²) in [4.78, 5) is 23.7. The Kier molecular flexibility index (Phi) is 6.15. The standard InChI is InChI=1S/C24H27N9O/c1-32(2)9-8-27-21-12-17(5-6-26-21)24(34)29-22-13-18-11-16(3-4-19(18)30-31-22)20-14-28-23-15-25-7-10-33(20)23/h3-6,11-14,25H,7-10,15H2,1-2H3,(H,26,27)(H,29,31,34). The molecular formula is C24H27N9O. The van der Waals surface area contributed by atoms with E-state index in [2.05, 4.69) is 51.6 Å². The first-order chi connectivity index (χ1) is 16.6. The topological polar surface area (TPSA) is 113 Å². The minimum absolute atomic E-state index is 0.264. The first kappa shape index (κ1) is 21.9. The van der Waals surface area contributed by atoms with Crippen molar-refractivity contribution in [2.24, 2.45) is 0 Å². The van der Waals surface area contributed by atoms with Crippen LogP contribution in [0.5, 0.6) is 0 Å². The molecule has 0 fully saturated rings. The second kappa shape index (κ2) is 9.54. The van der Waals surface area contributed by atoms with Crippen molar-refractivity contribution >= 4 is 28.4 Å². The molecule has 3 aromatic heterocycles. The number of imidazole rings is 1. The molecule has 1 aliphatic heterocycles. The number of hydrogen-bond acceptors (Lipinski definition) is 8. The third-order valence-electron chi connectivity index (χ3n) is 5.74. The second-order valence-corrected chi connectivity index (χ2v) is 8.51. The Labute approximate surface area is 197 Å². The van der Waals surface area contributed by atoms with Gasteiger partial charge in [0.05, 0.1) is 24.0 Å². The average molecular weight is 458 g/mol. The maximum Gasteiger partial charge on any atom is 0.257 e. The van der Waals surface area contributed by atoms with Crippen LogP contribution in [-0.4, -0.2) is 69.3 Å². The van der Waals surface area contributed by atoms with Crippen LogP contribution in [-0.2, 0) is 13.1 Å². The molecule has 0 saturated carbocycles. The van der Waals surface area contributed by atoms with E-state index in [1.165, 1.54) is 0 Å². The van der Waals surface area contributed by atoms with E-state index in [0.717, 1.165) is 60.7 Å². The lowest BCUT2D eigenvalue weighted by Crippen LogP contribution is -2.28. The second-order valence-electron chi connectivity index (χ2n) is 8.51. The Morgan fingerprint density at radius 3 is 2.91 bits per heavy atom. The quantitative estimate of drug-likeness (QED) is 0.387. The maximum absolute atomic E-state index is 12.8. The molecule has 1 aliphatic rings. The molecule has 1 aromatic carbocycles. The fraction of sp³-hybridized carbons (Fsp3) is 0.292. The fourth-order valence-corrected chi connectivity index (χ4v) is 3.96. The summed E-state index contributed by atoms with van der Waals surface area (Å²) in [5, 5.41) is 18.8. The molecule has 1 amide bonds. The molecule has 5 rings (SSSR count). The first-order valence-electron chi connectivity index (χ1n) is 11.3. The number of nitrogens with zero attached hydrogens (tertiary/aromatic N) is 6. The highest BCUT2D eigenvalue weighted by molar-refractivity contribution is 6.04. The third kappa shape index (κ3) is 4.73. The molecule has 0 atom stereocenters. The largest absolute Gasteiger partial charge is 0.369 e. The van der Waals surface area contributed by atoms with E-state index in [0.29, 0.717) is 17.2 Å². The van der Waals surface area contributed by atoms with Gasteiger partial charge in [0.15, 0.2) is 5.82 Å². The van der Waals surface area contributed by atoms with Gasteiger partial charge < -0.3 is 25.4 Å². The molecule has 34 heavy (non-hydrogen) atoms. The highest BCUT2D eigenvalue weighted by atomic mass is 16.1. The van der Waals surface area contributed by atoms with Crippen molar-refractivity contribution in [3.8, 4) is 11.3 Å². The van der Waals surface area contributed by atoms with Crippen LogP contribution in [0.15, 0.2) is 48.8 Å². The Balaban J connectivity index is 1.34. The SMILES string of the molecule is CN(C)CCNc1cc(C(=O)Nc2cc3cc(-c4cnc5n4CCNC5)ccc3nn2)ccn1. The van der Waals surface area contributed by atoms with Crippen LogP contribution in [0.25, 0.3) is 22.2 Å². The van der Waals surface area contributed by atoms with Gasteiger partial charge in [-0.3, -0.25) is 4.79 Å². The number of anilines is 2. The van der Waals surface area contributed by atoms with Gasteiger partial charge in [0.1, 0.15) is 11.6 Å². The molecule has 0 spiro atoms. The van der Waals surface area contributed by atoms with Crippen LogP contribution in [0.3, 0.4) is 0 Å². The van der Waals surface area contributed by atoms with Crippen molar-refractivity contribution in [3.05, 3.63) is 60.2 Å². The Bertz CT molecular complexity index is 1330. The van der Waals surface area contributed by atoms with Crippen molar-refractivity contribution in [1.82, 2.24) is 34.9 Å². The predicted molar refractivity (Wildman–Crippen MR) is 132 cm³/mol. The number of fused-ring (bicyclic) bond motifs is 2. The van der Waals surface area contributed by atoms with Crippen molar-refractivity contribution in [1.29, 1.82) is 0 Å². The molecule has 0 radical (unpaired) electrons. The van der Waals surface area contributed by atoms with Crippen LogP contribution >= 0.6 is 0 Å². The molecule has 4 aromatic rings. The molecule has 4 heterocycles. The van der Waals surface area contributed by atoms with Gasteiger partial charge in [0, 0.05) is 48.9 Å². The van der Waals surface area contributed by atoms with Gasteiger partial charge in [-0.2, -0.15) is 0 Å². The van der Waals surface area contributed by atoms with Gasteiger partial charge in [0.25, 0.3) is 5.91 Å². The predicted octanol–water partition coefficient (Wildman–Crippen LogP) is 2.22. The monoisotopic (exact) mass is 457 g/mol. The van der Waals surface area contributed by atoms with Gasteiger partial charge in [-0.15, -0.1) is 10.2 Å². The molecule has 10 heteroatoms. The lowest BCUT2D eigenvalue weighted by molar-refractivity contribution is 0.102. The first-order valence-corrected chi connectivity index (χ1v) is 11.3. The van der Waals surface area contributed by atoms with E-state index in [1.807, 2.05) is 38.5 Å². The van der Waals surface area contributed by atoms with Crippen LogP contribution in [0, 0.1) is 0 Å². The normalized spacial score (nSPS) is 13.1. The molecule has 0 bridgehead atoms. The lowest BCUT2D eigenvalue weighted by atomic mass is 10.1. The number of benzene rings is 1. The third-order valence-corrected chi connectivity index (χ3v) is 5.74. The molecule has 0 unspecified atom stereocenters. The summed E-state index contributed by atoms with van der Waals surface area (Å²) < 4.78 is 2.24. The van der Waals surface area contributed by atoms with E-state index < -0.39 is 0 Å². The fourth-order valence-electron chi connectivity index (χ4n) is 3.96.